The van der Waals surface area contributed by atoms with Crippen LogP contribution >= 0.6 is 0 Å². The summed E-state index contributed by atoms with van der Waals surface area (Å²) in [6.45, 7) is 0.613. The van der Waals surface area contributed by atoms with E-state index in [0.29, 0.717) is 23.9 Å². The maximum atomic E-state index is 12.2. The minimum Gasteiger partial charge on any atom is -0.477 e. The standard InChI is InChI=1S/C25H24N2O5S/c1-27(18-11-7-4-8-12-18)16-15-20-19(17-9-5-3-6-10-17)13-14-21-22(20)23(25(28)29)24(32-21)26-33(2,30)31/h3-14,26H,15-16H2,1-2H3,(H,28,29). The minimum atomic E-state index is -3.73. The highest BCUT2D eigenvalue weighted by Crippen LogP contribution is 2.38. The molecule has 0 saturated carbocycles. The van der Waals surface area contributed by atoms with E-state index in [2.05, 4.69) is 9.62 Å². The van der Waals surface area contributed by atoms with E-state index in [9.17, 15) is 18.3 Å². The maximum Gasteiger partial charge on any atom is 0.341 e. The van der Waals surface area contributed by atoms with Crippen molar-refractivity contribution in [2.24, 2.45) is 0 Å². The molecule has 0 unspecified atom stereocenters. The lowest BCUT2D eigenvalue weighted by Gasteiger charge is -2.21. The third kappa shape index (κ3) is 4.85. The number of fused-ring (bicyclic) bond motifs is 1. The number of hydrogen-bond acceptors (Lipinski definition) is 5. The van der Waals surface area contributed by atoms with Crippen LogP contribution in [0.15, 0.2) is 77.2 Å². The van der Waals surface area contributed by atoms with Crippen molar-refractivity contribution in [1.82, 2.24) is 0 Å². The molecule has 4 aromatic rings. The fourth-order valence-corrected chi connectivity index (χ4v) is 4.42. The molecule has 2 N–H and O–H groups in total. The van der Waals surface area contributed by atoms with Gasteiger partial charge in [-0.3, -0.25) is 4.72 Å². The van der Waals surface area contributed by atoms with Gasteiger partial charge in [0, 0.05) is 24.7 Å². The summed E-state index contributed by atoms with van der Waals surface area (Å²) in [6, 6.07) is 23.1. The summed E-state index contributed by atoms with van der Waals surface area (Å²) in [5.74, 6) is -1.55. The number of rotatable bonds is 8. The van der Waals surface area contributed by atoms with Gasteiger partial charge in [-0.05, 0) is 41.3 Å². The van der Waals surface area contributed by atoms with Crippen LogP contribution in [0.25, 0.3) is 22.1 Å². The van der Waals surface area contributed by atoms with Gasteiger partial charge in [-0.15, -0.1) is 0 Å². The number of carboxylic acids is 1. The Morgan fingerprint density at radius 1 is 1.00 bits per heavy atom. The first-order valence-electron chi connectivity index (χ1n) is 10.4. The van der Waals surface area contributed by atoms with Crippen LogP contribution in [0.2, 0.25) is 0 Å². The second-order valence-corrected chi connectivity index (χ2v) is 9.57. The molecule has 0 saturated heterocycles. The summed E-state index contributed by atoms with van der Waals surface area (Å²) < 4.78 is 31.5. The topological polar surface area (TPSA) is 99.9 Å². The maximum absolute atomic E-state index is 12.2. The van der Waals surface area contributed by atoms with Gasteiger partial charge in [0.15, 0.2) is 0 Å². The van der Waals surface area contributed by atoms with Crippen LogP contribution in [0, 0.1) is 0 Å². The number of likely N-dealkylation sites (N-methyl/N-ethyl adjacent to an activating group) is 1. The molecule has 0 radical (unpaired) electrons. The fourth-order valence-electron chi connectivity index (χ4n) is 3.94. The van der Waals surface area contributed by atoms with Crippen LogP contribution in [-0.4, -0.2) is 39.3 Å². The molecule has 170 valence electrons. The number of para-hydroxylation sites is 1. The van der Waals surface area contributed by atoms with Gasteiger partial charge < -0.3 is 14.4 Å². The summed E-state index contributed by atoms with van der Waals surface area (Å²) in [5, 5.41) is 10.4. The summed E-state index contributed by atoms with van der Waals surface area (Å²) in [4.78, 5) is 14.3. The van der Waals surface area contributed by atoms with Crippen molar-refractivity contribution in [1.29, 1.82) is 0 Å². The number of anilines is 2. The number of sulfonamides is 1. The highest BCUT2D eigenvalue weighted by atomic mass is 32.2. The van der Waals surface area contributed by atoms with Crippen molar-refractivity contribution in [3.63, 3.8) is 0 Å². The van der Waals surface area contributed by atoms with Gasteiger partial charge in [0.2, 0.25) is 15.9 Å². The Morgan fingerprint density at radius 3 is 2.24 bits per heavy atom. The lowest BCUT2D eigenvalue weighted by molar-refractivity contribution is 0.0699. The van der Waals surface area contributed by atoms with Crippen molar-refractivity contribution in [2.75, 3.05) is 29.5 Å². The van der Waals surface area contributed by atoms with Crippen molar-refractivity contribution in [3.8, 4) is 11.1 Å². The first-order valence-corrected chi connectivity index (χ1v) is 12.2. The lowest BCUT2D eigenvalue weighted by atomic mass is 9.92. The average Bonchev–Trinajstić information content (AvgIpc) is 3.15. The minimum absolute atomic E-state index is 0.189. The van der Waals surface area contributed by atoms with Gasteiger partial charge in [0.1, 0.15) is 11.1 Å². The lowest BCUT2D eigenvalue weighted by Crippen LogP contribution is -2.20. The summed E-state index contributed by atoms with van der Waals surface area (Å²) in [6.07, 6.45) is 1.47. The van der Waals surface area contributed by atoms with Crippen LogP contribution in [0.3, 0.4) is 0 Å². The molecule has 1 aromatic heterocycles. The number of carbonyl (C=O) groups is 1. The molecule has 1 heterocycles. The number of aromatic carboxylic acids is 1. The molecule has 33 heavy (non-hydrogen) atoms. The molecule has 0 atom stereocenters. The van der Waals surface area contributed by atoms with Crippen LogP contribution in [-0.2, 0) is 16.4 Å². The normalized spacial score (nSPS) is 11.5. The molecule has 0 amide bonds. The zero-order valence-corrected chi connectivity index (χ0v) is 19.1. The van der Waals surface area contributed by atoms with Crippen LogP contribution in [0.5, 0.6) is 0 Å². The van der Waals surface area contributed by atoms with Gasteiger partial charge in [0.25, 0.3) is 0 Å². The van der Waals surface area contributed by atoms with Gasteiger partial charge in [-0.25, -0.2) is 13.2 Å². The summed E-state index contributed by atoms with van der Waals surface area (Å²) in [5.41, 5.74) is 3.76. The third-order valence-electron chi connectivity index (χ3n) is 5.43. The summed E-state index contributed by atoms with van der Waals surface area (Å²) in [7, 11) is -1.76. The Morgan fingerprint density at radius 2 is 1.64 bits per heavy atom. The Kier molecular flexibility index (Phi) is 6.11. The zero-order chi connectivity index (χ0) is 23.6. The third-order valence-corrected chi connectivity index (χ3v) is 5.99. The molecule has 0 aliphatic heterocycles. The van der Waals surface area contributed by atoms with Crippen molar-refractivity contribution in [3.05, 3.63) is 83.9 Å². The van der Waals surface area contributed by atoms with E-state index < -0.39 is 16.0 Å². The Hall–Kier alpha value is -3.78. The number of benzene rings is 3. The number of furan rings is 1. The second-order valence-electron chi connectivity index (χ2n) is 7.82. The van der Waals surface area contributed by atoms with E-state index in [1.165, 1.54) is 0 Å². The molecule has 0 fully saturated rings. The van der Waals surface area contributed by atoms with Gasteiger partial charge in [-0.2, -0.15) is 0 Å². The zero-order valence-electron chi connectivity index (χ0n) is 18.3. The predicted octanol–water partition coefficient (Wildman–Crippen LogP) is 4.85. The highest BCUT2D eigenvalue weighted by Gasteiger charge is 2.26. The number of carboxylic acid groups (broad SMARTS) is 1. The molecule has 4 rings (SSSR count). The van der Waals surface area contributed by atoms with Gasteiger partial charge >= 0.3 is 5.97 Å². The predicted molar refractivity (Wildman–Crippen MR) is 130 cm³/mol. The van der Waals surface area contributed by atoms with E-state index >= 15 is 0 Å². The Labute approximate surface area is 192 Å². The molecule has 0 bridgehead atoms. The van der Waals surface area contributed by atoms with Gasteiger partial charge in [0.05, 0.1) is 6.26 Å². The van der Waals surface area contributed by atoms with Crippen molar-refractivity contribution in [2.45, 2.75) is 6.42 Å². The second kappa shape index (κ2) is 8.99. The fraction of sp³-hybridized carbons (Fsp3) is 0.160. The molecular weight excluding hydrogens is 440 g/mol. The highest BCUT2D eigenvalue weighted by molar-refractivity contribution is 7.92. The SMILES string of the molecule is CN(CCc1c(-c2ccccc2)ccc2oc(NS(C)(=O)=O)c(C(=O)O)c12)c1ccccc1. The Bertz CT molecular complexity index is 1400. The molecule has 0 aliphatic carbocycles. The quantitative estimate of drug-likeness (QED) is 0.387. The molecule has 3 aromatic carbocycles. The smallest absolute Gasteiger partial charge is 0.341 e. The van der Waals surface area contributed by atoms with E-state index in [1.807, 2.05) is 73.8 Å². The number of hydrogen-bond donors (Lipinski definition) is 2. The first kappa shape index (κ1) is 22.4. The monoisotopic (exact) mass is 464 g/mol. The van der Waals surface area contributed by atoms with Crippen LogP contribution < -0.4 is 9.62 Å². The van der Waals surface area contributed by atoms with E-state index in [0.717, 1.165) is 28.6 Å². The Balaban J connectivity index is 1.88. The van der Waals surface area contributed by atoms with Crippen molar-refractivity contribution >= 4 is 38.5 Å². The molecular formula is C25H24N2O5S. The van der Waals surface area contributed by atoms with Gasteiger partial charge in [-0.1, -0.05) is 54.6 Å². The number of nitrogens with zero attached hydrogens (tertiary/aromatic N) is 1. The average molecular weight is 465 g/mol. The number of nitrogens with one attached hydrogen (secondary N) is 1. The van der Waals surface area contributed by atoms with Crippen molar-refractivity contribution < 1.29 is 22.7 Å². The molecule has 8 heteroatoms. The summed E-state index contributed by atoms with van der Waals surface area (Å²) >= 11 is 0. The largest absolute Gasteiger partial charge is 0.477 e. The molecule has 0 spiro atoms. The van der Waals surface area contributed by atoms with Crippen LogP contribution in [0.4, 0.5) is 11.6 Å². The molecule has 0 aliphatic rings. The first-order chi connectivity index (χ1) is 15.7. The van der Waals surface area contributed by atoms with E-state index in [-0.39, 0.29) is 11.4 Å². The molecule has 7 nitrogen and oxygen atoms in total. The van der Waals surface area contributed by atoms with E-state index in [1.54, 1.807) is 6.07 Å². The van der Waals surface area contributed by atoms with Crippen LogP contribution in [0.1, 0.15) is 15.9 Å². The van der Waals surface area contributed by atoms with E-state index in [4.69, 9.17) is 4.42 Å².